The normalized spacial score (nSPS) is 11.2. The lowest BCUT2D eigenvalue weighted by Crippen LogP contribution is -1.96. The van der Waals surface area contributed by atoms with Crippen LogP contribution in [0.25, 0.3) is 88.5 Å². The maximum atomic E-state index is 9.38. The molecule has 0 saturated carbocycles. The summed E-state index contributed by atoms with van der Waals surface area (Å²) in [5.74, 6) is 0.650. The number of hydrogen-bond acceptors (Lipinski definition) is 3. The Morgan fingerprint density at radius 1 is 0.360 bits per heavy atom. The Labute approximate surface area is 290 Å². The van der Waals surface area contributed by atoms with Crippen molar-refractivity contribution in [1.82, 2.24) is 9.97 Å². The van der Waals surface area contributed by atoms with E-state index in [0.717, 1.165) is 39.2 Å². The van der Waals surface area contributed by atoms with E-state index in [9.17, 15) is 5.26 Å². The molecule has 0 fully saturated rings. The number of nitrogens with zero attached hydrogens (tertiary/aromatic N) is 3. The molecule has 0 atom stereocenters. The first-order valence-corrected chi connectivity index (χ1v) is 16.7. The summed E-state index contributed by atoms with van der Waals surface area (Å²) in [5, 5.41) is 16.8. The highest BCUT2D eigenvalue weighted by Crippen LogP contribution is 2.40. The molecule has 0 saturated heterocycles. The average Bonchev–Trinajstić information content (AvgIpc) is 3.20. The predicted octanol–water partition coefficient (Wildman–Crippen LogP) is 12.1. The first-order valence-electron chi connectivity index (χ1n) is 16.7. The van der Waals surface area contributed by atoms with Gasteiger partial charge in [0, 0.05) is 16.7 Å². The van der Waals surface area contributed by atoms with Crippen molar-refractivity contribution in [2.45, 2.75) is 0 Å². The van der Waals surface area contributed by atoms with Gasteiger partial charge in [0.05, 0.1) is 23.0 Å². The van der Waals surface area contributed by atoms with Crippen LogP contribution in [0.2, 0.25) is 0 Å². The predicted molar refractivity (Wildman–Crippen MR) is 206 cm³/mol. The number of nitriles is 1. The number of hydrogen-bond donors (Lipinski definition) is 0. The third kappa shape index (κ3) is 5.26. The summed E-state index contributed by atoms with van der Waals surface area (Å²) in [5.41, 5.74) is 9.82. The fourth-order valence-corrected chi connectivity index (χ4v) is 6.97. The smallest absolute Gasteiger partial charge is 0.160 e. The molecule has 0 unspecified atom stereocenters. The molecule has 232 valence electrons. The van der Waals surface area contributed by atoms with Gasteiger partial charge in [-0.15, -0.1) is 0 Å². The van der Waals surface area contributed by atoms with Gasteiger partial charge < -0.3 is 0 Å². The van der Waals surface area contributed by atoms with Gasteiger partial charge in [0.1, 0.15) is 0 Å². The van der Waals surface area contributed by atoms with Crippen LogP contribution in [0.5, 0.6) is 0 Å². The quantitative estimate of drug-likeness (QED) is 0.140. The van der Waals surface area contributed by atoms with Crippen molar-refractivity contribution in [2.24, 2.45) is 0 Å². The molecule has 0 aliphatic heterocycles. The van der Waals surface area contributed by atoms with Crippen molar-refractivity contribution in [1.29, 1.82) is 5.26 Å². The summed E-state index contributed by atoms with van der Waals surface area (Å²) in [4.78, 5) is 10.1. The van der Waals surface area contributed by atoms with Crippen molar-refractivity contribution in [3.05, 3.63) is 181 Å². The van der Waals surface area contributed by atoms with Crippen molar-refractivity contribution < 1.29 is 0 Å². The van der Waals surface area contributed by atoms with E-state index in [1.54, 1.807) is 0 Å². The van der Waals surface area contributed by atoms with Gasteiger partial charge in [-0.05, 0) is 78.8 Å². The van der Waals surface area contributed by atoms with Crippen LogP contribution in [0.1, 0.15) is 5.56 Å². The van der Waals surface area contributed by atoms with Gasteiger partial charge >= 0.3 is 0 Å². The summed E-state index contributed by atoms with van der Waals surface area (Å²) < 4.78 is 0. The monoisotopic (exact) mass is 635 g/mol. The van der Waals surface area contributed by atoms with Gasteiger partial charge in [-0.1, -0.05) is 152 Å². The van der Waals surface area contributed by atoms with E-state index in [2.05, 4.69) is 146 Å². The highest BCUT2D eigenvalue weighted by atomic mass is 14.9. The SMILES string of the molecule is N#Cc1ccc(-c2cc(-c3ccc(-c4c5ccccc5cc5c4ccc4ccccc45)cc3)nc(-c3ccc(-c4ccccc4)cc3)n2)cc1. The van der Waals surface area contributed by atoms with Crippen LogP contribution in [0.4, 0.5) is 0 Å². The summed E-state index contributed by atoms with van der Waals surface area (Å²) in [6, 6.07) is 63.4. The zero-order chi connectivity index (χ0) is 33.4. The molecule has 9 rings (SSSR count). The van der Waals surface area contributed by atoms with E-state index in [0.29, 0.717) is 11.4 Å². The summed E-state index contributed by atoms with van der Waals surface area (Å²) in [6.45, 7) is 0. The minimum atomic E-state index is 0.615. The molecule has 0 N–H and O–H groups in total. The zero-order valence-corrected chi connectivity index (χ0v) is 27.1. The molecule has 0 aliphatic rings. The van der Waals surface area contributed by atoms with E-state index in [1.807, 2.05) is 36.4 Å². The molecule has 9 aromatic rings. The Kier molecular flexibility index (Phi) is 7.19. The largest absolute Gasteiger partial charge is 0.228 e. The molecule has 0 aliphatic carbocycles. The third-order valence-electron chi connectivity index (χ3n) is 9.53. The van der Waals surface area contributed by atoms with Crippen LogP contribution >= 0.6 is 0 Å². The minimum Gasteiger partial charge on any atom is -0.228 e. The van der Waals surface area contributed by atoms with Crippen LogP contribution in [0, 0.1) is 11.3 Å². The standard InChI is InChI=1S/C47H29N3/c48-30-31-14-16-35(17-15-31)44-29-45(50-47(49-44)38-24-18-33(19-25-38)32-8-2-1-3-9-32)36-20-22-37(23-21-36)46-41-13-7-5-11-39(41)28-43-40-12-6-4-10-34(40)26-27-42(43)46/h1-29H. The zero-order valence-electron chi connectivity index (χ0n) is 27.1. The molecular weight excluding hydrogens is 607 g/mol. The molecule has 3 heteroatoms. The highest BCUT2D eigenvalue weighted by molar-refractivity contribution is 6.20. The van der Waals surface area contributed by atoms with Crippen molar-refractivity contribution in [3.8, 4) is 62.2 Å². The maximum Gasteiger partial charge on any atom is 0.160 e. The Hall–Kier alpha value is -6.89. The molecule has 1 aromatic heterocycles. The fourth-order valence-electron chi connectivity index (χ4n) is 6.97. The van der Waals surface area contributed by atoms with Crippen molar-refractivity contribution >= 4 is 32.3 Å². The molecule has 3 nitrogen and oxygen atoms in total. The van der Waals surface area contributed by atoms with E-state index < -0.39 is 0 Å². The number of benzene rings is 8. The Morgan fingerprint density at radius 3 is 1.60 bits per heavy atom. The lowest BCUT2D eigenvalue weighted by atomic mass is 9.89. The second-order valence-corrected chi connectivity index (χ2v) is 12.5. The summed E-state index contributed by atoms with van der Waals surface area (Å²) in [6.07, 6.45) is 0. The fraction of sp³-hybridized carbons (Fsp3) is 0. The lowest BCUT2D eigenvalue weighted by Gasteiger charge is -2.15. The van der Waals surface area contributed by atoms with Gasteiger partial charge in [0.2, 0.25) is 0 Å². The molecule has 8 aromatic carbocycles. The van der Waals surface area contributed by atoms with Crippen LogP contribution < -0.4 is 0 Å². The molecular formula is C47H29N3. The number of fused-ring (bicyclic) bond motifs is 4. The van der Waals surface area contributed by atoms with Gasteiger partial charge in [-0.3, -0.25) is 0 Å². The topological polar surface area (TPSA) is 49.6 Å². The van der Waals surface area contributed by atoms with E-state index in [-0.39, 0.29) is 0 Å². The van der Waals surface area contributed by atoms with Gasteiger partial charge in [-0.25, -0.2) is 9.97 Å². The minimum absolute atomic E-state index is 0.615. The van der Waals surface area contributed by atoms with E-state index in [4.69, 9.17) is 9.97 Å². The van der Waals surface area contributed by atoms with Gasteiger partial charge in [0.15, 0.2) is 5.82 Å². The van der Waals surface area contributed by atoms with Crippen LogP contribution in [0.3, 0.4) is 0 Å². The Morgan fingerprint density at radius 2 is 0.900 bits per heavy atom. The van der Waals surface area contributed by atoms with Crippen LogP contribution in [-0.2, 0) is 0 Å². The summed E-state index contributed by atoms with van der Waals surface area (Å²) in [7, 11) is 0. The first kappa shape index (κ1) is 29.3. The maximum absolute atomic E-state index is 9.38. The van der Waals surface area contributed by atoms with Gasteiger partial charge in [0.25, 0.3) is 0 Å². The molecule has 1 heterocycles. The molecule has 0 spiro atoms. The number of rotatable bonds is 5. The highest BCUT2D eigenvalue weighted by Gasteiger charge is 2.15. The lowest BCUT2D eigenvalue weighted by molar-refractivity contribution is 1.18. The van der Waals surface area contributed by atoms with Gasteiger partial charge in [-0.2, -0.15) is 5.26 Å². The number of aromatic nitrogens is 2. The molecule has 0 bridgehead atoms. The first-order chi connectivity index (χ1) is 24.7. The van der Waals surface area contributed by atoms with Crippen LogP contribution in [-0.4, -0.2) is 9.97 Å². The average molecular weight is 636 g/mol. The third-order valence-corrected chi connectivity index (χ3v) is 9.53. The van der Waals surface area contributed by atoms with Crippen LogP contribution in [0.15, 0.2) is 176 Å². The Balaban J connectivity index is 1.17. The van der Waals surface area contributed by atoms with Crippen molar-refractivity contribution in [3.63, 3.8) is 0 Å². The molecule has 50 heavy (non-hydrogen) atoms. The Bertz CT molecular complexity index is 2720. The molecule has 0 amide bonds. The van der Waals surface area contributed by atoms with E-state index >= 15 is 0 Å². The molecule has 0 radical (unpaired) electrons. The van der Waals surface area contributed by atoms with Crippen molar-refractivity contribution in [2.75, 3.05) is 0 Å². The second-order valence-electron chi connectivity index (χ2n) is 12.5. The van der Waals surface area contributed by atoms with E-state index in [1.165, 1.54) is 43.4 Å². The second kappa shape index (κ2) is 12.3. The summed E-state index contributed by atoms with van der Waals surface area (Å²) >= 11 is 0.